The summed E-state index contributed by atoms with van der Waals surface area (Å²) in [7, 11) is 6.60. The van der Waals surface area contributed by atoms with E-state index in [1.807, 2.05) is 12.1 Å². The van der Waals surface area contributed by atoms with E-state index in [9.17, 15) is 0 Å². The largest absolute Gasteiger partial charge is 0.242 e. The average molecular weight is 418 g/mol. The van der Waals surface area contributed by atoms with Gasteiger partial charge in [-0.05, 0) is 34.7 Å². The Balaban J connectivity index is 1.81. The third-order valence-corrected chi connectivity index (χ3v) is 6.37. The number of benzene rings is 5. The van der Waals surface area contributed by atoms with Crippen LogP contribution in [-0.2, 0) is 0 Å². The van der Waals surface area contributed by atoms with Crippen LogP contribution >= 0.6 is 0 Å². The smallest absolute Gasteiger partial charge is 0.101 e. The van der Waals surface area contributed by atoms with Crippen molar-refractivity contribution in [2.45, 2.75) is 6.92 Å². The summed E-state index contributed by atoms with van der Waals surface area (Å²) < 4.78 is 0. The Kier molecular flexibility index (Phi) is 6.00. The highest BCUT2D eigenvalue weighted by Crippen LogP contribution is 2.23. The zero-order valence-electron chi connectivity index (χ0n) is 18.8. The SMILES string of the molecule is [B]c1ccccc1B(c1ccccc1-c1ccccc1)c1ccccc1-c1ccccc1C. The van der Waals surface area contributed by atoms with Crippen LogP contribution in [-0.4, -0.2) is 14.6 Å². The predicted octanol–water partition coefficient (Wildman–Crippen LogP) is 4.64. The monoisotopic (exact) mass is 418 g/mol. The lowest BCUT2D eigenvalue weighted by Crippen LogP contribution is -2.57. The molecule has 0 aromatic heterocycles. The molecule has 2 radical (unpaired) electrons. The number of rotatable bonds is 5. The van der Waals surface area contributed by atoms with Gasteiger partial charge in [0.1, 0.15) is 7.85 Å². The van der Waals surface area contributed by atoms with E-state index in [0.29, 0.717) is 0 Å². The second-order valence-corrected chi connectivity index (χ2v) is 8.42. The van der Waals surface area contributed by atoms with Crippen molar-refractivity contribution in [3.63, 3.8) is 0 Å². The van der Waals surface area contributed by atoms with Crippen LogP contribution in [0.15, 0.2) is 127 Å². The summed E-state index contributed by atoms with van der Waals surface area (Å²) in [6, 6.07) is 44.9. The molecule has 0 saturated heterocycles. The number of hydrogen-bond donors (Lipinski definition) is 0. The van der Waals surface area contributed by atoms with Crippen LogP contribution in [0.4, 0.5) is 0 Å². The minimum atomic E-state index is -0.00147. The first-order chi connectivity index (χ1) is 16.2. The highest BCUT2D eigenvalue weighted by molar-refractivity contribution is 6.98. The van der Waals surface area contributed by atoms with E-state index >= 15 is 0 Å². The molecular weight excluding hydrogens is 394 g/mol. The van der Waals surface area contributed by atoms with E-state index < -0.39 is 0 Å². The topological polar surface area (TPSA) is 0 Å². The summed E-state index contributed by atoms with van der Waals surface area (Å²) in [6.45, 7) is 2.18. The molecule has 0 heterocycles. The van der Waals surface area contributed by atoms with Crippen LogP contribution in [0, 0.1) is 6.92 Å². The molecule has 5 aromatic carbocycles. The molecule has 0 aliphatic heterocycles. The minimum absolute atomic E-state index is 0.00147. The molecule has 0 nitrogen and oxygen atoms in total. The summed E-state index contributed by atoms with van der Waals surface area (Å²) in [5.74, 6) is 0. The van der Waals surface area contributed by atoms with Gasteiger partial charge in [-0.25, -0.2) is 0 Å². The summed E-state index contributed by atoms with van der Waals surface area (Å²) in [5, 5.41) is 0. The summed E-state index contributed by atoms with van der Waals surface area (Å²) in [6.07, 6.45) is 0. The van der Waals surface area contributed by atoms with Gasteiger partial charge in [0.25, 0.3) is 0 Å². The molecule has 0 aliphatic rings. The summed E-state index contributed by atoms with van der Waals surface area (Å²) in [4.78, 5) is 0. The van der Waals surface area contributed by atoms with Gasteiger partial charge in [-0.3, -0.25) is 0 Å². The van der Waals surface area contributed by atoms with Crippen LogP contribution in [0.3, 0.4) is 0 Å². The van der Waals surface area contributed by atoms with E-state index in [1.165, 1.54) is 38.7 Å². The highest BCUT2D eigenvalue weighted by atomic mass is 14.1. The van der Waals surface area contributed by atoms with Gasteiger partial charge in [-0.15, -0.1) is 5.46 Å². The fourth-order valence-corrected chi connectivity index (χ4v) is 4.77. The highest BCUT2D eigenvalue weighted by Gasteiger charge is 2.28. The minimum Gasteiger partial charge on any atom is -0.101 e. The number of hydrogen-bond acceptors (Lipinski definition) is 0. The van der Waals surface area contributed by atoms with Crippen molar-refractivity contribution < 1.29 is 0 Å². The molecule has 0 atom stereocenters. The van der Waals surface area contributed by atoms with E-state index in [4.69, 9.17) is 7.85 Å². The van der Waals surface area contributed by atoms with Gasteiger partial charge in [0.2, 0.25) is 6.71 Å². The molecule has 0 saturated carbocycles. The molecule has 154 valence electrons. The van der Waals surface area contributed by atoms with Crippen LogP contribution in [0.1, 0.15) is 5.56 Å². The molecule has 0 amide bonds. The van der Waals surface area contributed by atoms with Crippen LogP contribution < -0.4 is 21.9 Å². The van der Waals surface area contributed by atoms with Crippen molar-refractivity contribution in [1.29, 1.82) is 0 Å². The van der Waals surface area contributed by atoms with Gasteiger partial charge in [-0.1, -0.05) is 144 Å². The van der Waals surface area contributed by atoms with E-state index in [0.717, 1.165) is 10.9 Å². The number of aryl methyl sites for hydroxylation is 1. The van der Waals surface area contributed by atoms with Crippen molar-refractivity contribution in [2.75, 3.05) is 0 Å². The fourth-order valence-electron chi connectivity index (χ4n) is 4.77. The molecule has 5 rings (SSSR count). The fraction of sp³-hybridized carbons (Fsp3) is 0.0323. The predicted molar refractivity (Wildman–Crippen MR) is 145 cm³/mol. The third kappa shape index (κ3) is 4.17. The zero-order valence-corrected chi connectivity index (χ0v) is 18.8. The summed E-state index contributed by atoms with van der Waals surface area (Å²) in [5.41, 5.74) is 10.6. The lowest BCUT2D eigenvalue weighted by molar-refractivity contribution is 1.46. The van der Waals surface area contributed by atoms with Gasteiger partial charge in [0.05, 0.1) is 0 Å². The maximum atomic E-state index is 6.60. The molecule has 0 aliphatic carbocycles. The van der Waals surface area contributed by atoms with Crippen LogP contribution in [0.5, 0.6) is 0 Å². The molecule has 0 fully saturated rings. The van der Waals surface area contributed by atoms with Crippen molar-refractivity contribution in [3.05, 3.63) is 133 Å². The first-order valence-electron chi connectivity index (χ1n) is 11.4. The normalized spacial score (nSPS) is 10.7. The van der Waals surface area contributed by atoms with Crippen molar-refractivity contribution in [1.82, 2.24) is 0 Å². The molecule has 0 spiro atoms. The van der Waals surface area contributed by atoms with E-state index in [-0.39, 0.29) is 6.71 Å². The Hall–Kier alpha value is -3.77. The quantitative estimate of drug-likeness (QED) is 0.365. The van der Waals surface area contributed by atoms with Crippen molar-refractivity contribution in [3.8, 4) is 22.3 Å². The van der Waals surface area contributed by atoms with Gasteiger partial charge >= 0.3 is 0 Å². The lowest BCUT2D eigenvalue weighted by Gasteiger charge is -2.24. The molecule has 0 bridgehead atoms. The average Bonchev–Trinajstić information content (AvgIpc) is 2.87. The van der Waals surface area contributed by atoms with Crippen molar-refractivity contribution in [2.24, 2.45) is 0 Å². The molecule has 0 unspecified atom stereocenters. The Morgan fingerprint density at radius 3 is 1.61 bits per heavy atom. The molecule has 5 aromatic rings. The molecular formula is C31H24B2. The van der Waals surface area contributed by atoms with Crippen molar-refractivity contribution >= 4 is 36.4 Å². The van der Waals surface area contributed by atoms with Crippen LogP contribution in [0.25, 0.3) is 22.3 Å². The Morgan fingerprint density at radius 2 is 0.939 bits per heavy atom. The lowest BCUT2D eigenvalue weighted by atomic mass is 9.34. The zero-order chi connectivity index (χ0) is 22.6. The van der Waals surface area contributed by atoms with Gasteiger partial charge in [0, 0.05) is 0 Å². The van der Waals surface area contributed by atoms with Gasteiger partial charge in [-0.2, -0.15) is 0 Å². The molecule has 33 heavy (non-hydrogen) atoms. The second kappa shape index (κ2) is 9.38. The first kappa shape index (κ1) is 21.1. The maximum Gasteiger partial charge on any atom is 0.242 e. The second-order valence-electron chi connectivity index (χ2n) is 8.42. The van der Waals surface area contributed by atoms with E-state index in [2.05, 4.69) is 122 Å². The van der Waals surface area contributed by atoms with Crippen LogP contribution in [0.2, 0.25) is 0 Å². The molecule has 2 heteroatoms. The first-order valence-corrected chi connectivity index (χ1v) is 11.4. The summed E-state index contributed by atoms with van der Waals surface area (Å²) >= 11 is 0. The third-order valence-electron chi connectivity index (χ3n) is 6.37. The Bertz CT molecular complexity index is 1390. The standard InChI is InChI=1S/C31H24B2/c1-23-13-5-6-16-25(23)27-18-8-11-21-30(27)33(31-22-12-9-19-28(31)32)29-20-10-7-17-26(29)24-14-3-2-4-15-24/h2-22H,1H3. The molecule has 0 N–H and O–H groups in total. The van der Waals surface area contributed by atoms with E-state index in [1.54, 1.807) is 0 Å². The Morgan fingerprint density at radius 1 is 0.455 bits per heavy atom. The maximum absolute atomic E-state index is 6.60. The van der Waals surface area contributed by atoms with Gasteiger partial charge < -0.3 is 0 Å². The van der Waals surface area contributed by atoms with Gasteiger partial charge in [0.15, 0.2) is 0 Å². The Labute approximate surface area is 198 Å².